The number of alkyl carbamates (subject to hydrolysis) is 1. The first-order chi connectivity index (χ1) is 29.5. The molecule has 16 nitrogen and oxygen atoms in total. The molecule has 0 atom stereocenters. The summed E-state index contributed by atoms with van der Waals surface area (Å²) in [6.07, 6.45) is -0.328. The smallest absolute Gasteiger partial charge is 0.437 e. The Kier molecular flexibility index (Phi) is 16.9. The molecular formula is C47H60N8O8. The number of nitrogens with two attached hydrogens (primary N) is 1. The van der Waals surface area contributed by atoms with E-state index in [1.165, 1.54) is 5.56 Å². The molecule has 0 radical (unpaired) electrons. The molecule has 3 aromatic carbocycles. The highest BCUT2D eigenvalue weighted by Crippen LogP contribution is 2.27. The number of benzene rings is 3. The van der Waals surface area contributed by atoms with Gasteiger partial charge >= 0.3 is 18.3 Å². The summed E-state index contributed by atoms with van der Waals surface area (Å²) in [4.78, 5) is 78.1. The molecule has 4 rings (SSSR count). The normalized spacial score (nSPS) is 11.9. The zero-order valence-electron chi connectivity index (χ0n) is 37.7. The van der Waals surface area contributed by atoms with Crippen LogP contribution in [0.1, 0.15) is 92.8 Å². The summed E-state index contributed by atoms with van der Waals surface area (Å²) in [6, 6.07) is 26.5. The molecular weight excluding hydrogens is 805 g/mol. The molecule has 0 bridgehead atoms. The molecule has 0 aliphatic rings. The van der Waals surface area contributed by atoms with E-state index >= 15 is 0 Å². The standard InChI is InChI=1S/C47H60N8O8/c1-45(2,3)61-42(58)49-26-24-38(56)50-35-23-15-20-33(29-35)40-52-36(21-13-18-31-16-11-10-12-17-31)30-37(53-40)32-19-14-22-34(28-32)51-39(57)25-27-55(44(60)63-47(7,8)9)41(48)54-43(59)62-46(4,5)6/h10-12,14-17,19-20,22-23,28-30H,13,18,21,24-27H2,1-9H3,(H,49,58)(H,50,56)(H,51,57)(H2,48,54,59). The highest BCUT2D eigenvalue weighted by Gasteiger charge is 2.27. The molecule has 0 unspecified atom stereocenters. The first-order valence-electron chi connectivity index (χ1n) is 20.8. The van der Waals surface area contributed by atoms with Crippen molar-refractivity contribution in [1.82, 2.24) is 20.2 Å². The molecule has 0 spiro atoms. The Hall–Kier alpha value is -6.84. The second-order valence-corrected chi connectivity index (χ2v) is 17.7. The molecule has 5 amide bonds. The molecule has 4 aromatic rings. The highest BCUT2D eigenvalue weighted by molar-refractivity contribution is 5.99. The number of amides is 5. The molecule has 16 heteroatoms. The van der Waals surface area contributed by atoms with Crippen molar-refractivity contribution in [3.05, 3.63) is 96.2 Å². The summed E-state index contributed by atoms with van der Waals surface area (Å²) < 4.78 is 15.9. The maximum atomic E-state index is 13.3. The molecule has 0 saturated carbocycles. The Morgan fingerprint density at radius 2 is 1.25 bits per heavy atom. The van der Waals surface area contributed by atoms with Crippen molar-refractivity contribution in [2.24, 2.45) is 10.7 Å². The van der Waals surface area contributed by atoms with Crippen LogP contribution in [0.25, 0.3) is 22.6 Å². The maximum absolute atomic E-state index is 13.3. The van der Waals surface area contributed by atoms with Crippen LogP contribution in [0.5, 0.6) is 0 Å². The van der Waals surface area contributed by atoms with Crippen molar-refractivity contribution in [1.29, 1.82) is 0 Å². The third kappa shape index (κ3) is 18.0. The number of nitrogens with one attached hydrogen (secondary N) is 3. The third-order valence-corrected chi connectivity index (χ3v) is 8.44. The van der Waals surface area contributed by atoms with Gasteiger partial charge in [0, 0.05) is 54.1 Å². The van der Waals surface area contributed by atoms with Gasteiger partial charge in [-0.05, 0) is 117 Å². The fraction of sp³-hybridized carbons (Fsp3) is 0.404. The number of guanidine groups is 1. The number of carbonyl (C=O) groups is 5. The molecule has 63 heavy (non-hydrogen) atoms. The largest absolute Gasteiger partial charge is 0.444 e. The number of rotatable bonds is 14. The summed E-state index contributed by atoms with van der Waals surface area (Å²) >= 11 is 0. The van der Waals surface area contributed by atoms with Gasteiger partial charge in [0.1, 0.15) is 16.8 Å². The van der Waals surface area contributed by atoms with E-state index in [1.54, 1.807) is 98.7 Å². The molecule has 5 N–H and O–H groups in total. The zero-order valence-corrected chi connectivity index (χ0v) is 37.7. The average molecular weight is 865 g/mol. The minimum absolute atomic E-state index is 0.0340. The van der Waals surface area contributed by atoms with E-state index < -0.39 is 46.9 Å². The molecule has 336 valence electrons. The summed E-state index contributed by atoms with van der Waals surface area (Å²) in [5, 5.41) is 8.34. The van der Waals surface area contributed by atoms with Crippen LogP contribution in [0, 0.1) is 0 Å². The van der Waals surface area contributed by atoms with Gasteiger partial charge in [-0.3, -0.25) is 9.59 Å². The number of carbonyl (C=O) groups excluding carboxylic acids is 5. The fourth-order valence-corrected chi connectivity index (χ4v) is 5.82. The van der Waals surface area contributed by atoms with Crippen LogP contribution < -0.4 is 21.7 Å². The van der Waals surface area contributed by atoms with Crippen LogP contribution in [-0.4, -0.2) is 80.8 Å². The lowest BCUT2D eigenvalue weighted by Gasteiger charge is -2.26. The molecule has 0 aliphatic heterocycles. The number of hydrogen-bond donors (Lipinski definition) is 4. The van der Waals surface area contributed by atoms with Gasteiger partial charge in [0.15, 0.2) is 5.82 Å². The predicted octanol–water partition coefficient (Wildman–Crippen LogP) is 8.65. The van der Waals surface area contributed by atoms with Crippen LogP contribution in [0.2, 0.25) is 0 Å². The molecule has 0 saturated heterocycles. The van der Waals surface area contributed by atoms with Gasteiger partial charge in [0.25, 0.3) is 0 Å². The first kappa shape index (κ1) is 48.8. The lowest BCUT2D eigenvalue weighted by molar-refractivity contribution is -0.117. The molecule has 1 heterocycles. The summed E-state index contributed by atoms with van der Waals surface area (Å²) in [5.41, 5.74) is 8.67. The van der Waals surface area contributed by atoms with Gasteiger partial charge in [0.05, 0.1) is 5.69 Å². The third-order valence-electron chi connectivity index (χ3n) is 8.44. The number of ether oxygens (including phenoxy) is 3. The second kappa shape index (κ2) is 21.8. The molecule has 0 aliphatic carbocycles. The van der Waals surface area contributed by atoms with Gasteiger partial charge in [-0.2, -0.15) is 0 Å². The Bertz CT molecular complexity index is 2260. The van der Waals surface area contributed by atoms with Crippen LogP contribution in [0.4, 0.5) is 25.8 Å². The minimum Gasteiger partial charge on any atom is -0.444 e. The lowest BCUT2D eigenvalue weighted by Crippen LogP contribution is -2.46. The number of aromatic nitrogens is 2. The van der Waals surface area contributed by atoms with Crippen molar-refractivity contribution in [2.45, 2.75) is 111 Å². The van der Waals surface area contributed by atoms with E-state index in [9.17, 15) is 24.0 Å². The van der Waals surface area contributed by atoms with E-state index in [4.69, 9.17) is 29.9 Å². The van der Waals surface area contributed by atoms with Gasteiger partial charge in [-0.25, -0.2) is 29.3 Å². The van der Waals surface area contributed by atoms with Crippen LogP contribution in [-0.2, 0) is 36.6 Å². The van der Waals surface area contributed by atoms with Crippen LogP contribution in [0.3, 0.4) is 0 Å². The van der Waals surface area contributed by atoms with Crippen molar-refractivity contribution in [3.8, 4) is 22.6 Å². The number of anilines is 2. The van der Waals surface area contributed by atoms with Gasteiger partial charge in [0.2, 0.25) is 17.8 Å². The van der Waals surface area contributed by atoms with E-state index in [2.05, 4.69) is 33.1 Å². The fourth-order valence-electron chi connectivity index (χ4n) is 5.82. The summed E-state index contributed by atoms with van der Waals surface area (Å²) in [5.74, 6) is -0.788. The minimum atomic E-state index is -0.997. The maximum Gasteiger partial charge on any atom is 0.437 e. The van der Waals surface area contributed by atoms with Gasteiger partial charge in [-0.1, -0.05) is 54.6 Å². The Labute approximate surface area is 369 Å². The Morgan fingerprint density at radius 1 is 0.667 bits per heavy atom. The lowest BCUT2D eigenvalue weighted by atomic mass is 10.0. The van der Waals surface area contributed by atoms with Crippen molar-refractivity contribution < 1.29 is 38.2 Å². The number of hydrogen-bond acceptors (Lipinski definition) is 10. The predicted molar refractivity (Wildman–Crippen MR) is 243 cm³/mol. The first-order valence-corrected chi connectivity index (χ1v) is 20.8. The van der Waals surface area contributed by atoms with Crippen LogP contribution in [0.15, 0.2) is 89.9 Å². The Balaban J connectivity index is 1.54. The topological polar surface area (TPSA) is 217 Å². The van der Waals surface area contributed by atoms with Crippen molar-refractivity contribution in [2.75, 3.05) is 23.7 Å². The van der Waals surface area contributed by atoms with E-state index in [0.29, 0.717) is 40.4 Å². The SMILES string of the molecule is CC(C)(C)OC(=O)N=C(N)N(CCC(=O)Nc1cccc(-c2cc(CCCc3ccccc3)nc(-c3cccc(NC(=O)CCNC(=O)OC(C)(C)C)c3)n2)c1)C(=O)OC(C)(C)C. The highest BCUT2D eigenvalue weighted by atomic mass is 16.6. The Morgan fingerprint density at radius 3 is 1.87 bits per heavy atom. The molecule has 1 aromatic heterocycles. The zero-order chi connectivity index (χ0) is 46.4. The average Bonchev–Trinajstić information content (AvgIpc) is 3.16. The summed E-state index contributed by atoms with van der Waals surface area (Å²) in [6.45, 7) is 15.2. The quantitative estimate of drug-likeness (QED) is 0.0534. The monoisotopic (exact) mass is 864 g/mol. The van der Waals surface area contributed by atoms with Crippen molar-refractivity contribution in [3.63, 3.8) is 0 Å². The second-order valence-electron chi connectivity index (χ2n) is 17.7. The van der Waals surface area contributed by atoms with E-state index in [-0.39, 0.29) is 31.8 Å². The summed E-state index contributed by atoms with van der Waals surface area (Å²) in [7, 11) is 0. The molecule has 0 fully saturated rings. The number of nitrogens with zero attached hydrogens (tertiary/aromatic N) is 4. The van der Waals surface area contributed by atoms with Crippen LogP contribution >= 0.6 is 0 Å². The number of aliphatic imine (C=N–C) groups is 1. The van der Waals surface area contributed by atoms with E-state index in [1.807, 2.05) is 36.4 Å². The van der Waals surface area contributed by atoms with Gasteiger partial charge in [-0.15, -0.1) is 4.99 Å². The van der Waals surface area contributed by atoms with Gasteiger partial charge < -0.3 is 35.9 Å². The number of aryl methyl sites for hydroxylation is 2. The van der Waals surface area contributed by atoms with Crippen molar-refractivity contribution >= 4 is 47.4 Å². The van der Waals surface area contributed by atoms with E-state index in [0.717, 1.165) is 23.4 Å².